The van der Waals surface area contributed by atoms with Crippen LogP contribution in [0.2, 0.25) is 5.02 Å². The van der Waals surface area contributed by atoms with Gasteiger partial charge in [0, 0.05) is 30.3 Å². The molecule has 0 spiro atoms. The molecule has 1 saturated heterocycles. The van der Waals surface area contributed by atoms with E-state index in [9.17, 15) is 23.4 Å². The Morgan fingerprint density at radius 1 is 1.26 bits per heavy atom. The van der Waals surface area contributed by atoms with Gasteiger partial charge in [-0.05, 0) is 36.7 Å². The third-order valence-electron chi connectivity index (χ3n) is 6.62. The molecule has 9 nitrogen and oxygen atoms in total. The summed E-state index contributed by atoms with van der Waals surface area (Å²) < 4.78 is 54.2. The van der Waals surface area contributed by atoms with Gasteiger partial charge in [-0.1, -0.05) is 34.7 Å². The number of halogens is 4. The Balaban J connectivity index is 1.49. The SMILES string of the molecule is COC1C(n2cc(-c3cc(F)c(F)c(F)c3)nn2)[C@@H](O)C(CO)O[C@@H]1Sc1cc(Cl)cnc1C1=CCNCC1. The Kier molecular flexibility index (Phi) is 8.57. The van der Waals surface area contributed by atoms with E-state index >= 15 is 0 Å². The van der Waals surface area contributed by atoms with Gasteiger partial charge >= 0.3 is 0 Å². The van der Waals surface area contributed by atoms with E-state index in [1.54, 1.807) is 12.3 Å². The molecule has 2 aliphatic rings. The zero-order chi connectivity index (χ0) is 27.7. The Bertz CT molecular complexity index is 1360. The Labute approximate surface area is 231 Å². The summed E-state index contributed by atoms with van der Waals surface area (Å²) in [4.78, 5) is 5.28. The van der Waals surface area contributed by atoms with Gasteiger partial charge in [-0.25, -0.2) is 17.9 Å². The minimum Gasteiger partial charge on any atom is -0.394 e. The standard InChI is InChI=1S/C25H25ClF3N5O4S/c1-37-24-22(34-10-17(32-33-34)13-6-15(27)20(29)16(28)7-13)23(36)18(11-35)38-25(24)39-19-8-14(26)9-31-21(19)12-2-4-30-5-3-12/h2,6-10,18,22-25,30,35-36H,3-5,11H2,1H3/t18?,22?,23-,24?,25+/m0/s1. The van der Waals surface area contributed by atoms with Crippen molar-refractivity contribution < 1.29 is 32.9 Å². The molecule has 0 amide bonds. The van der Waals surface area contributed by atoms with Gasteiger partial charge in [0.15, 0.2) is 17.5 Å². The van der Waals surface area contributed by atoms with Crippen molar-refractivity contribution in [3.63, 3.8) is 0 Å². The number of hydrogen-bond acceptors (Lipinski definition) is 9. The van der Waals surface area contributed by atoms with Gasteiger partial charge in [0.05, 0.1) is 23.5 Å². The number of aliphatic hydroxyl groups is 2. The van der Waals surface area contributed by atoms with Crippen molar-refractivity contribution in [3.8, 4) is 11.3 Å². The molecule has 0 saturated carbocycles. The Hall–Kier alpha value is -2.52. The molecule has 2 aliphatic heterocycles. The van der Waals surface area contributed by atoms with Crippen LogP contribution in [0.5, 0.6) is 0 Å². The Morgan fingerprint density at radius 3 is 2.69 bits per heavy atom. The molecular formula is C25H25ClF3N5O4S. The summed E-state index contributed by atoms with van der Waals surface area (Å²) in [5.41, 5.74) is 1.05. The van der Waals surface area contributed by atoms with E-state index in [0.717, 1.165) is 41.3 Å². The van der Waals surface area contributed by atoms with Crippen molar-refractivity contribution >= 4 is 28.9 Å². The van der Waals surface area contributed by atoms with Gasteiger partial charge in [-0.2, -0.15) is 0 Å². The molecule has 5 atom stereocenters. The largest absolute Gasteiger partial charge is 0.394 e. The van der Waals surface area contributed by atoms with Crippen LogP contribution in [0.1, 0.15) is 18.2 Å². The van der Waals surface area contributed by atoms with Gasteiger partial charge in [-0.3, -0.25) is 4.98 Å². The molecular weight excluding hydrogens is 559 g/mol. The van der Waals surface area contributed by atoms with Crippen LogP contribution in [-0.2, 0) is 9.47 Å². The molecule has 14 heteroatoms. The zero-order valence-electron chi connectivity index (χ0n) is 20.6. The minimum atomic E-state index is -1.59. The number of nitrogens with zero attached hydrogens (tertiary/aromatic N) is 4. The maximum absolute atomic E-state index is 13.8. The summed E-state index contributed by atoms with van der Waals surface area (Å²) in [6.07, 6.45) is 2.64. The number of thioether (sulfide) groups is 1. The van der Waals surface area contributed by atoms with Crippen molar-refractivity contribution in [2.45, 2.75) is 41.1 Å². The van der Waals surface area contributed by atoms with E-state index in [1.807, 2.05) is 0 Å². The van der Waals surface area contributed by atoms with Gasteiger partial charge in [0.25, 0.3) is 0 Å². The van der Waals surface area contributed by atoms with Crippen molar-refractivity contribution in [2.24, 2.45) is 0 Å². The van der Waals surface area contributed by atoms with Gasteiger partial charge < -0.3 is 25.0 Å². The number of ether oxygens (including phenoxy) is 2. The summed E-state index contributed by atoms with van der Waals surface area (Å²) in [5, 5.41) is 32.8. The van der Waals surface area contributed by atoms with Crippen LogP contribution < -0.4 is 5.32 Å². The molecule has 2 aromatic heterocycles. The van der Waals surface area contributed by atoms with Crippen LogP contribution in [0.15, 0.2) is 41.6 Å². The topological polar surface area (TPSA) is 115 Å². The lowest BCUT2D eigenvalue weighted by Gasteiger charge is -2.43. The van der Waals surface area contributed by atoms with Crippen LogP contribution in [0.3, 0.4) is 0 Å². The van der Waals surface area contributed by atoms with Crippen LogP contribution in [0, 0.1) is 17.5 Å². The van der Waals surface area contributed by atoms with Crippen molar-refractivity contribution in [1.82, 2.24) is 25.3 Å². The van der Waals surface area contributed by atoms with Crippen molar-refractivity contribution in [2.75, 3.05) is 26.8 Å². The number of methoxy groups -OCH3 is 1. The number of benzene rings is 1. The van der Waals surface area contributed by atoms with Gasteiger partial charge in [0.1, 0.15) is 35.5 Å². The first kappa shape index (κ1) is 28.0. The molecule has 1 fully saturated rings. The van der Waals surface area contributed by atoms with E-state index in [1.165, 1.54) is 29.8 Å². The molecule has 0 radical (unpaired) electrons. The fourth-order valence-corrected chi connectivity index (χ4v) is 6.25. The second-order valence-electron chi connectivity index (χ2n) is 9.05. The molecule has 5 rings (SSSR count). The second kappa shape index (κ2) is 11.9. The first-order valence-electron chi connectivity index (χ1n) is 12.1. The highest BCUT2D eigenvalue weighted by Crippen LogP contribution is 2.42. The number of rotatable bonds is 7. The first-order chi connectivity index (χ1) is 18.8. The maximum atomic E-state index is 13.8. The summed E-state index contributed by atoms with van der Waals surface area (Å²) >= 11 is 7.56. The van der Waals surface area contributed by atoms with Crippen molar-refractivity contribution in [1.29, 1.82) is 0 Å². The summed E-state index contributed by atoms with van der Waals surface area (Å²) in [5.74, 6) is -4.33. The average molecular weight is 584 g/mol. The zero-order valence-corrected chi connectivity index (χ0v) is 22.2. The molecule has 1 aromatic carbocycles. The van der Waals surface area contributed by atoms with E-state index in [0.29, 0.717) is 11.6 Å². The summed E-state index contributed by atoms with van der Waals surface area (Å²) in [7, 11) is 1.44. The fourth-order valence-electron chi connectivity index (χ4n) is 4.68. The number of aliphatic hydroxyl groups excluding tert-OH is 2. The van der Waals surface area contributed by atoms with E-state index in [4.69, 9.17) is 21.1 Å². The maximum Gasteiger partial charge on any atom is 0.194 e. The monoisotopic (exact) mass is 583 g/mol. The number of pyridine rings is 1. The first-order valence-corrected chi connectivity index (χ1v) is 13.3. The molecule has 39 heavy (non-hydrogen) atoms. The van der Waals surface area contributed by atoms with E-state index in [2.05, 4.69) is 26.7 Å². The lowest BCUT2D eigenvalue weighted by Crippen LogP contribution is -2.55. The summed E-state index contributed by atoms with van der Waals surface area (Å²) in [6, 6.07) is 2.47. The van der Waals surface area contributed by atoms with E-state index < -0.39 is 53.8 Å². The molecule has 4 heterocycles. The van der Waals surface area contributed by atoms with Crippen molar-refractivity contribution in [3.05, 3.63) is 64.8 Å². The van der Waals surface area contributed by atoms with Gasteiger partial charge in [-0.15, -0.1) is 5.10 Å². The van der Waals surface area contributed by atoms with Crippen LogP contribution in [-0.4, -0.2) is 80.7 Å². The summed E-state index contributed by atoms with van der Waals surface area (Å²) in [6.45, 7) is 1.01. The average Bonchev–Trinajstić information content (AvgIpc) is 3.42. The molecule has 3 N–H and O–H groups in total. The fraction of sp³-hybridized carbons (Fsp3) is 0.400. The molecule has 3 aromatic rings. The van der Waals surface area contributed by atoms with Gasteiger partial charge in [0.2, 0.25) is 0 Å². The highest BCUT2D eigenvalue weighted by Gasteiger charge is 2.47. The number of nitrogens with one attached hydrogen (secondary N) is 1. The number of aromatic nitrogens is 4. The second-order valence-corrected chi connectivity index (χ2v) is 10.6. The van der Waals surface area contributed by atoms with E-state index in [-0.39, 0.29) is 11.3 Å². The molecule has 208 valence electrons. The highest BCUT2D eigenvalue weighted by atomic mass is 35.5. The Morgan fingerprint density at radius 2 is 2.03 bits per heavy atom. The number of hydrogen-bond donors (Lipinski definition) is 3. The third-order valence-corrected chi connectivity index (χ3v) is 8.01. The molecule has 3 unspecified atom stereocenters. The highest BCUT2D eigenvalue weighted by molar-refractivity contribution is 7.99. The quantitative estimate of drug-likeness (QED) is 0.361. The lowest BCUT2D eigenvalue weighted by atomic mass is 9.97. The van der Waals surface area contributed by atoms with Crippen LogP contribution in [0.4, 0.5) is 13.2 Å². The predicted octanol–water partition coefficient (Wildman–Crippen LogP) is 3.21. The third kappa shape index (κ3) is 5.71. The normalized spacial score (nSPS) is 25.5. The smallest absolute Gasteiger partial charge is 0.194 e. The minimum absolute atomic E-state index is 0.0392. The van der Waals surface area contributed by atoms with Crippen LogP contribution >= 0.6 is 23.4 Å². The molecule has 0 bridgehead atoms. The van der Waals surface area contributed by atoms with Crippen LogP contribution in [0.25, 0.3) is 16.8 Å². The predicted molar refractivity (Wildman–Crippen MR) is 137 cm³/mol. The molecule has 0 aliphatic carbocycles. The lowest BCUT2D eigenvalue weighted by molar-refractivity contribution is -0.186.